The molecule has 2 aromatic rings. The first-order valence-electron chi connectivity index (χ1n) is 6.95. The molecular formula is C17H18BrClFN. The van der Waals surface area contributed by atoms with Gasteiger partial charge in [-0.15, -0.1) is 0 Å². The number of nitrogens with one attached hydrogen (secondary N) is 1. The molecule has 0 saturated carbocycles. The number of likely N-dealkylation sites (N-methyl/N-ethyl adjacent to an activating group) is 1. The second-order valence-corrected chi connectivity index (χ2v) is 6.31. The van der Waals surface area contributed by atoms with Crippen molar-refractivity contribution in [2.75, 3.05) is 6.54 Å². The molecule has 1 unspecified atom stereocenters. The molecule has 0 aromatic heterocycles. The van der Waals surface area contributed by atoms with Crippen molar-refractivity contribution in [2.45, 2.75) is 26.3 Å². The van der Waals surface area contributed by atoms with Crippen LogP contribution in [-0.4, -0.2) is 6.54 Å². The summed E-state index contributed by atoms with van der Waals surface area (Å²) in [5, 5.41) is 3.59. The highest BCUT2D eigenvalue weighted by Crippen LogP contribution is 2.29. The fourth-order valence-corrected chi connectivity index (χ4v) is 3.11. The summed E-state index contributed by atoms with van der Waals surface area (Å²) in [6, 6.07) is 11.4. The van der Waals surface area contributed by atoms with Crippen molar-refractivity contribution in [1.29, 1.82) is 0 Å². The average Bonchev–Trinajstić information content (AvgIpc) is 2.46. The largest absolute Gasteiger partial charge is 0.310 e. The van der Waals surface area contributed by atoms with Crippen molar-refractivity contribution in [1.82, 2.24) is 5.32 Å². The topological polar surface area (TPSA) is 12.0 Å². The second-order valence-electron chi connectivity index (χ2n) is 5.05. The van der Waals surface area contributed by atoms with Gasteiger partial charge in [0, 0.05) is 10.5 Å². The van der Waals surface area contributed by atoms with Gasteiger partial charge < -0.3 is 5.32 Å². The van der Waals surface area contributed by atoms with E-state index in [1.54, 1.807) is 18.2 Å². The molecule has 2 aromatic carbocycles. The first kappa shape index (κ1) is 16.5. The minimum atomic E-state index is -0.328. The number of hydrogen-bond acceptors (Lipinski definition) is 1. The minimum Gasteiger partial charge on any atom is -0.310 e. The van der Waals surface area contributed by atoms with Gasteiger partial charge in [-0.3, -0.25) is 0 Å². The van der Waals surface area contributed by atoms with E-state index in [9.17, 15) is 4.39 Å². The lowest BCUT2D eigenvalue weighted by molar-refractivity contribution is 0.526. The number of aryl methyl sites for hydroxylation is 1. The Balaban J connectivity index is 2.35. The van der Waals surface area contributed by atoms with E-state index in [4.69, 9.17) is 11.6 Å². The SMILES string of the molecule is CCNC(Cc1cccc(Cl)c1F)c1cc(C)ccc1Br. The van der Waals surface area contributed by atoms with Crippen LogP contribution in [0.3, 0.4) is 0 Å². The lowest BCUT2D eigenvalue weighted by Crippen LogP contribution is -2.24. The van der Waals surface area contributed by atoms with Gasteiger partial charge in [-0.2, -0.15) is 0 Å². The van der Waals surface area contributed by atoms with E-state index in [0.29, 0.717) is 12.0 Å². The van der Waals surface area contributed by atoms with Crippen LogP contribution in [0.15, 0.2) is 40.9 Å². The van der Waals surface area contributed by atoms with Crippen LogP contribution in [0.25, 0.3) is 0 Å². The molecule has 0 aliphatic rings. The van der Waals surface area contributed by atoms with E-state index in [2.05, 4.69) is 40.3 Å². The Morgan fingerprint density at radius 3 is 2.76 bits per heavy atom. The Bertz CT molecular complexity index is 630. The van der Waals surface area contributed by atoms with E-state index in [-0.39, 0.29) is 16.9 Å². The predicted octanol–water partition coefficient (Wildman–Crippen LogP) is 5.44. The summed E-state index contributed by atoms with van der Waals surface area (Å²) in [5.74, 6) is -0.328. The molecular weight excluding hydrogens is 353 g/mol. The average molecular weight is 371 g/mol. The minimum absolute atomic E-state index is 0.0391. The number of halogens is 3. The molecule has 21 heavy (non-hydrogen) atoms. The lowest BCUT2D eigenvalue weighted by Gasteiger charge is -2.21. The van der Waals surface area contributed by atoms with Crippen LogP contribution in [-0.2, 0) is 6.42 Å². The van der Waals surface area contributed by atoms with Crippen LogP contribution in [0, 0.1) is 12.7 Å². The predicted molar refractivity (Wildman–Crippen MR) is 90.4 cm³/mol. The Labute approximate surface area is 138 Å². The molecule has 0 saturated heterocycles. The maximum Gasteiger partial charge on any atom is 0.145 e. The maximum absolute atomic E-state index is 14.1. The van der Waals surface area contributed by atoms with Gasteiger partial charge in [-0.25, -0.2) is 4.39 Å². The van der Waals surface area contributed by atoms with E-state index in [1.807, 2.05) is 13.0 Å². The van der Waals surface area contributed by atoms with Crippen molar-refractivity contribution in [3.8, 4) is 0 Å². The molecule has 0 amide bonds. The standard InChI is InChI=1S/C17H18BrClFN/c1-3-21-16(13-9-11(2)7-8-14(13)18)10-12-5-4-6-15(19)17(12)20/h4-9,16,21H,3,10H2,1-2H3. The molecule has 1 N–H and O–H groups in total. The summed E-state index contributed by atoms with van der Waals surface area (Å²) in [5.41, 5.74) is 2.95. The van der Waals surface area contributed by atoms with Crippen molar-refractivity contribution < 1.29 is 4.39 Å². The van der Waals surface area contributed by atoms with Gasteiger partial charge in [-0.05, 0) is 43.1 Å². The van der Waals surface area contributed by atoms with Crippen LogP contribution in [0.2, 0.25) is 5.02 Å². The zero-order valence-electron chi connectivity index (χ0n) is 12.1. The molecule has 0 fully saturated rings. The molecule has 0 aliphatic carbocycles. The Morgan fingerprint density at radius 1 is 1.29 bits per heavy atom. The van der Waals surface area contributed by atoms with E-state index >= 15 is 0 Å². The van der Waals surface area contributed by atoms with Crippen LogP contribution < -0.4 is 5.32 Å². The van der Waals surface area contributed by atoms with Gasteiger partial charge in [0.15, 0.2) is 0 Å². The molecule has 1 atom stereocenters. The molecule has 4 heteroatoms. The summed E-state index contributed by atoms with van der Waals surface area (Å²) in [6.07, 6.45) is 0.558. The highest BCUT2D eigenvalue weighted by molar-refractivity contribution is 9.10. The first-order chi connectivity index (χ1) is 10.0. The van der Waals surface area contributed by atoms with Crippen LogP contribution in [0.5, 0.6) is 0 Å². The molecule has 0 heterocycles. The van der Waals surface area contributed by atoms with Crippen molar-refractivity contribution >= 4 is 27.5 Å². The van der Waals surface area contributed by atoms with E-state index in [0.717, 1.165) is 16.6 Å². The monoisotopic (exact) mass is 369 g/mol. The van der Waals surface area contributed by atoms with Gasteiger partial charge in [0.1, 0.15) is 5.82 Å². The third-order valence-corrected chi connectivity index (χ3v) is 4.45. The first-order valence-corrected chi connectivity index (χ1v) is 8.12. The van der Waals surface area contributed by atoms with Gasteiger partial charge in [0.25, 0.3) is 0 Å². The second kappa shape index (κ2) is 7.39. The summed E-state index contributed by atoms with van der Waals surface area (Å²) in [6.45, 7) is 4.91. The van der Waals surface area contributed by atoms with Crippen molar-refractivity contribution in [3.05, 3.63) is 68.4 Å². The number of hydrogen-bond donors (Lipinski definition) is 1. The molecule has 112 valence electrons. The van der Waals surface area contributed by atoms with Gasteiger partial charge in [0.05, 0.1) is 5.02 Å². The van der Waals surface area contributed by atoms with E-state index < -0.39 is 0 Å². The molecule has 2 rings (SSSR count). The van der Waals surface area contributed by atoms with E-state index in [1.165, 1.54) is 5.56 Å². The van der Waals surface area contributed by atoms with Crippen LogP contribution >= 0.6 is 27.5 Å². The molecule has 0 spiro atoms. The zero-order valence-corrected chi connectivity index (χ0v) is 14.4. The van der Waals surface area contributed by atoms with Crippen molar-refractivity contribution in [2.24, 2.45) is 0 Å². The lowest BCUT2D eigenvalue weighted by atomic mass is 9.97. The smallest absolute Gasteiger partial charge is 0.145 e. The number of rotatable bonds is 5. The molecule has 0 bridgehead atoms. The third kappa shape index (κ3) is 4.06. The fourth-order valence-electron chi connectivity index (χ4n) is 2.39. The summed E-state index contributed by atoms with van der Waals surface area (Å²) in [7, 11) is 0. The highest BCUT2D eigenvalue weighted by Gasteiger charge is 2.17. The summed E-state index contributed by atoms with van der Waals surface area (Å²) in [4.78, 5) is 0. The normalized spacial score (nSPS) is 12.4. The maximum atomic E-state index is 14.1. The van der Waals surface area contributed by atoms with Crippen molar-refractivity contribution in [3.63, 3.8) is 0 Å². The Morgan fingerprint density at radius 2 is 2.05 bits per heavy atom. The molecule has 0 aliphatic heterocycles. The summed E-state index contributed by atoms with van der Waals surface area (Å²) < 4.78 is 15.2. The third-order valence-electron chi connectivity index (χ3n) is 3.43. The van der Waals surface area contributed by atoms with Crippen LogP contribution in [0.4, 0.5) is 4.39 Å². The summed E-state index contributed by atoms with van der Waals surface area (Å²) >= 11 is 9.46. The van der Waals surface area contributed by atoms with Gasteiger partial charge in [0.2, 0.25) is 0 Å². The van der Waals surface area contributed by atoms with Gasteiger partial charge in [-0.1, -0.05) is 64.3 Å². The fraction of sp³-hybridized carbons (Fsp3) is 0.294. The highest BCUT2D eigenvalue weighted by atomic mass is 79.9. The molecule has 1 nitrogen and oxygen atoms in total. The Kier molecular flexibility index (Phi) is 5.80. The zero-order chi connectivity index (χ0) is 15.4. The quantitative estimate of drug-likeness (QED) is 0.738. The van der Waals surface area contributed by atoms with Gasteiger partial charge >= 0.3 is 0 Å². The Hall–Kier alpha value is -0.900. The number of benzene rings is 2. The van der Waals surface area contributed by atoms with Crippen LogP contribution in [0.1, 0.15) is 29.7 Å². The molecule has 0 radical (unpaired) electrons.